The molecule has 0 fully saturated rings. The van der Waals surface area contributed by atoms with Crippen molar-refractivity contribution in [2.24, 2.45) is 0 Å². The van der Waals surface area contributed by atoms with E-state index in [0.717, 1.165) is 28.8 Å². The van der Waals surface area contributed by atoms with Crippen LogP contribution in [0.15, 0.2) is 66.7 Å². The summed E-state index contributed by atoms with van der Waals surface area (Å²) in [5, 5.41) is 3.08. The molecule has 0 saturated heterocycles. The van der Waals surface area contributed by atoms with Crippen LogP contribution in [-0.4, -0.2) is 43.4 Å². The van der Waals surface area contributed by atoms with Crippen LogP contribution in [-0.2, 0) is 6.54 Å². The lowest BCUT2D eigenvalue weighted by molar-refractivity contribution is 0.0937. The van der Waals surface area contributed by atoms with Crippen LogP contribution in [0.25, 0.3) is 17.1 Å². The number of carbonyl (C=O) groups is 1. The number of carbonyl (C=O) groups excluding carboxylic acids is 1. The second kappa shape index (κ2) is 12.9. The van der Waals surface area contributed by atoms with Gasteiger partial charge in [-0.05, 0) is 68.3 Å². The first-order valence-electron chi connectivity index (χ1n) is 12.9. The summed E-state index contributed by atoms with van der Waals surface area (Å²) in [6.07, 6.45) is 4.74. The minimum Gasteiger partial charge on any atom is -0.493 e. The average Bonchev–Trinajstić information content (AvgIpc) is 3.34. The van der Waals surface area contributed by atoms with Gasteiger partial charge >= 0.3 is 0 Å². The van der Waals surface area contributed by atoms with E-state index >= 15 is 0 Å². The molecular weight excluding hydrogens is 494 g/mol. The number of rotatable bonds is 12. The lowest BCUT2D eigenvalue weighted by Crippen LogP contribution is -2.29. The van der Waals surface area contributed by atoms with Crippen LogP contribution in [0.2, 0.25) is 0 Å². The Labute approximate surface area is 229 Å². The molecule has 1 heterocycles. The highest BCUT2D eigenvalue weighted by molar-refractivity contribution is 5.95. The Bertz CT molecular complexity index is 1460. The van der Waals surface area contributed by atoms with Crippen molar-refractivity contribution >= 4 is 23.0 Å². The number of ether oxygens (including phenoxy) is 4. The van der Waals surface area contributed by atoms with Crippen LogP contribution < -0.4 is 24.3 Å². The summed E-state index contributed by atoms with van der Waals surface area (Å²) >= 11 is 0. The molecule has 1 N–H and O–H groups in total. The highest BCUT2D eigenvalue weighted by Crippen LogP contribution is 2.30. The molecule has 4 rings (SSSR count). The van der Waals surface area contributed by atoms with Crippen LogP contribution in [0.4, 0.5) is 0 Å². The van der Waals surface area contributed by atoms with Gasteiger partial charge in [-0.15, -0.1) is 0 Å². The van der Waals surface area contributed by atoms with Crippen LogP contribution in [0.1, 0.15) is 48.1 Å². The smallest absolute Gasteiger partial charge is 0.251 e. The van der Waals surface area contributed by atoms with Gasteiger partial charge in [0.1, 0.15) is 5.82 Å². The minimum absolute atomic E-state index is 0.223. The SMILES string of the molecule is C/C=C/c1ccc(OCCCn2c(C(C)NC(=O)c3ccc(OC)c(OC)c3)nc3ccccc32)c(OC)c1. The fraction of sp³-hybridized carbons (Fsp3) is 0.290. The third kappa shape index (κ3) is 6.34. The van der Waals surface area contributed by atoms with Crippen molar-refractivity contribution in [1.29, 1.82) is 0 Å². The van der Waals surface area contributed by atoms with Gasteiger partial charge in [0.2, 0.25) is 0 Å². The van der Waals surface area contributed by atoms with Gasteiger partial charge in [-0.25, -0.2) is 4.98 Å². The van der Waals surface area contributed by atoms with Crippen LogP contribution in [0.3, 0.4) is 0 Å². The van der Waals surface area contributed by atoms with Gasteiger partial charge in [-0.2, -0.15) is 0 Å². The quantitative estimate of drug-likeness (QED) is 0.225. The number of hydrogen-bond donors (Lipinski definition) is 1. The average molecular weight is 530 g/mol. The molecule has 0 spiro atoms. The number of allylic oxidation sites excluding steroid dienone is 1. The first-order chi connectivity index (χ1) is 19.0. The molecule has 0 radical (unpaired) electrons. The summed E-state index contributed by atoms with van der Waals surface area (Å²) in [6.45, 7) is 5.08. The van der Waals surface area contributed by atoms with Crippen molar-refractivity contribution in [3.63, 3.8) is 0 Å². The van der Waals surface area contributed by atoms with E-state index in [1.807, 2.05) is 68.5 Å². The predicted octanol–water partition coefficient (Wildman–Crippen LogP) is 6.06. The number of fused-ring (bicyclic) bond motifs is 1. The zero-order valence-corrected chi connectivity index (χ0v) is 23.1. The molecule has 39 heavy (non-hydrogen) atoms. The van der Waals surface area contributed by atoms with Gasteiger partial charge in [0.25, 0.3) is 5.91 Å². The third-order valence-corrected chi connectivity index (χ3v) is 6.40. The maximum Gasteiger partial charge on any atom is 0.251 e. The first kappa shape index (κ1) is 27.6. The lowest BCUT2D eigenvalue weighted by atomic mass is 10.1. The number of hydrogen-bond acceptors (Lipinski definition) is 6. The number of imidazole rings is 1. The summed E-state index contributed by atoms with van der Waals surface area (Å²) in [4.78, 5) is 17.9. The van der Waals surface area contributed by atoms with Crippen molar-refractivity contribution in [3.8, 4) is 23.0 Å². The summed E-state index contributed by atoms with van der Waals surface area (Å²) in [6, 6.07) is 18.6. The molecule has 8 heteroatoms. The Balaban J connectivity index is 1.47. The molecule has 0 aliphatic rings. The largest absolute Gasteiger partial charge is 0.493 e. The van der Waals surface area contributed by atoms with Gasteiger partial charge in [0.15, 0.2) is 23.0 Å². The number of aromatic nitrogens is 2. The second-order valence-corrected chi connectivity index (χ2v) is 8.99. The van der Waals surface area contributed by atoms with Crippen LogP contribution in [0.5, 0.6) is 23.0 Å². The van der Waals surface area contributed by atoms with E-state index < -0.39 is 0 Å². The molecule has 0 bridgehead atoms. The van der Waals surface area contributed by atoms with Gasteiger partial charge in [-0.3, -0.25) is 4.79 Å². The van der Waals surface area contributed by atoms with E-state index in [-0.39, 0.29) is 11.9 Å². The van der Waals surface area contributed by atoms with Crippen molar-refractivity contribution in [2.45, 2.75) is 32.9 Å². The molecule has 4 aromatic rings. The van der Waals surface area contributed by atoms with Gasteiger partial charge in [0.05, 0.1) is 45.0 Å². The Hall–Kier alpha value is -4.46. The Morgan fingerprint density at radius 1 is 0.949 bits per heavy atom. The topological polar surface area (TPSA) is 83.8 Å². The number of aryl methyl sites for hydroxylation is 1. The normalized spacial score (nSPS) is 11.9. The first-order valence-corrected chi connectivity index (χ1v) is 12.9. The fourth-order valence-corrected chi connectivity index (χ4v) is 4.49. The van der Waals surface area contributed by atoms with Gasteiger partial charge < -0.3 is 28.8 Å². The van der Waals surface area contributed by atoms with E-state index in [0.29, 0.717) is 41.7 Å². The number of benzene rings is 3. The Kier molecular flexibility index (Phi) is 9.10. The number of nitrogens with one attached hydrogen (secondary N) is 1. The van der Waals surface area contributed by atoms with E-state index in [9.17, 15) is 4.79 Å². The van der Waals surface area contributed by atoms with Crippen LogP contribution in [0, 0.1) is 0 Å². The standard InChI is InChI=1S/C31H35N3O5/c1-6-10-22-13-15-27(28(19-22)37-4)39-18-9-17-34-25-12-8-7-11-24(25)33-30(34)21(2)32-31(35)23-14-16-26(36-3)29(20-23)38-5/h6-8,10-16,19-21H,9,17-18H2,1-5H3,(H,32,35)/b10-6+. The number of methoxy groups -OCH3 is 3. The van der Waals surface area contributed by atoms with Crippen LogP contribution >= 0.6 is 0 Å². The maximum absolute atomic E-state index is 13.1. The van der Waals surface area contributed by atoms with E-state index in [1.165, 1.54) is 0 Å². The molecular formula is C31H35N3O5. The van der Waals surface area contributed by atoms with Gasteiger partial charge in [-0.1, -0.05) is 30.4 Å². The molecule has 3 aromatic carbocycles. The zero-order valence-electron chi connectivity index (χ0n) is 23.1. The highest BCUT2D eigenvalue weighted by atomic mass is 16.5. The van der Waals surface area contributed by atoms with E-state index in [4.69, 9.17) is 23.9 Å². The molecule has 204 valence electrons. The Morgan fingerprint density at radius 3 is 2.41 bits per heavy atom. The molecule has 0 aliphatic heterocycles. The summed E-state index contributed by atoms with van der Waals surface area (Å²) < 4.78 is 24.4. The summed E-state index contributed by atoms with van der Waals surface area (Å²) in [7, 11) is 4.75. The molecule has 1 unspecified atom stereocenters. The van der Waals surface area contributed by atoms with Crippen molar-refractivity contribution < 1.29 is 23.7 Å². The minimum atomic E-state index is -0.335. The third-order valence-electron chi connectivity index (χ3n) is 6.40. The Morgan fingerprint density at radius 2 is 1.67 bits per heavy atom. The molecule has 1 aromatic heterocycles. The van der Waals surface area contributed by atoms with Crippen molar-refractivity contribution in [2.75, 3.05) is 27.9 Å². The number of nitrogens with zero attached hydrogens (tertiary/aromatic N) is 2. The molecule has 1 atom stereocenters. The van der Waals surface area contributed by atoms with Gasteiger partial charge in [0, 0.05) is 12.1 Å². The molecule has 1 amide bonds. The number of amides is 1. The molecule has 0 aliphatic carbocycles. The van der Waals surface area contributed by atoms with E-state index in [1.54, 1.807) is 39.5 Å². The maximum atomic E-state index is 13.1. The summed E-state index contributed by atoms with van der Waals surface area (Å²) in [5.41, 5.74) is 3.42. The fourth-order valence-electron chi connectivity index (χ4n) is 4.49. The number of para-hydroxylation sites is 2. The predicted molar refractivity (Wildman–Crippen MR) is 153 cm³/mol. The molecule has 8 nitrogen and oxygen atoms in total. The zero-order chi connectivity index (χ0) is 27.8. The monoisotopic (exact) mass is 529 g/mol. The second-order valence-electron chi connectivity index (χ2n) is 8.99. The summed E-state index contributed by atoms with van der Waals surface area (Å²) in [5.74, 6) is 3.02. The van der Waals surface area contributed by atoms with Crippen molar-refractivity contribution in [3.05, 3.63) is 83.7 Å². The highest BCUT2D eigenvalue weighted by Gasteiger charge is 2.20. The van der Waals surface area contributed by atoms with E-state index in [2.05, 4.69) is 9.88 Å². The lowest BCUT2D eigenvalue weighted by Gasteiger charge is -2.17. The van der Waals surface area contributed by atoms with Crippen molar-refractivity contribution in [1.82, 2.24) is 14.9 Å². The molecule has 0 saturated carbocycles.